The van der Waals surface area contributed by atoms with Gasteiger partial charge in [-0.3, -0.25) is 4.90 Å². The molecule has 3 aromatic rings. The molecular weight excluding hydrogens is 382 g/mol. The van der Waals surface area contributed by atoms with E-state index < -0.39 is 10.0 Å². The van der Waals surface area contributed by atoms with E-state index in [1.54, 1.807) is 18.2 Å². The van der Waals surface area contributed by atoms with Crippen LogP contribution in [-0.2, 0) is 30.0 Å². The molecular formula is C23H27N3O2S. The third kappa shape index (κ3) is 4.29. The van der Waals surface area contributed by atoms with Crippen molar-refractivity contribution in [2.24, 2.45) is 7.05 Å². The first-order valence-electron chi connectivity index (χ1n) is 9.92. The SMILES string of the molecule is Cc1cccc(S(=O)(=O)NC[C@H](c2cccn2C)N2CCc3ccccc3C2)c1. The number of sulfonamides is 1. The second-order valence-electron chi connectivity index (χ2n) is 7.72. The first kappa shape index (κ1) is 19.9. The van der Waals surface area contributed by atoms with Gasteiger partial charge in [-0.15, -0.1) is 0 Å². The van der Waals surface area contributed by atoms with E-state index in [-0.39, 0.29) is 6.04 Å². The minimum absolute atomic E-state index is 0.0389. The Hall–Kier alpha value is -2.41. The Kier molecular flexibility index (Phi) is 5.58. The molecule has 1 aromatic heterocycles. The van der Waals surface area contributed by atoms with Crippen LogP contribution in [0.3, 0.4) is 0 Å². The molecule has 0 saturated heterocycles. The topological polar surface area (TPSA) is 54.3 Å². The largest absolute Gasteiger partial charge is 0.353 e. The van der Waals surface area contributed by atoms with Gasteiger partial charge in [0.05, 0.1) is 10.9 Å². The number of aromatic nitrogens is 1. The molecule has 4 rings (SSSR count). The maximum atomic E-state index is 12.9. The number of hydrogen-bond acceptors (Lipinski definition) is 3. The lowest BCUT2D eigenvalue weighted by Crippen LogP contribution is -2.41. The fourth-order valence-electron chi connectivity index (χ4n) is 4.08. The molecule has 1 aliphatic heterocycles. The minimum Gasteiger partial charge on any atom is -0.353 e. The summed E-state index contributed by atoms with van der Waals surface area (Å²) in [4.78, 5) is 2.68. The van der Waals surface area contributed by atoms with E-state index in [9.17, 15) is 8.42 Å². The van der Waals surface area contributed by atoms with Crippen LogP contribution in [-0.4, -0.2) is 31.0 Å². The Morgan fingerprint density at radius 2 is 1.83 bits per heavy atom. The molecule has 1 N–H and O–H groups in total. The van der Waals surface area contributed by atoms with Crippen LogP contribution in [0.4, 0.5) is 0 Å². The van der Waals surface area contributed by atoms with Gasteiger partial charge in [-0.2, -0.15) is 0 Å². The number of aryl methyl sites for hydroxylation is 2. The Labute approximate surface area is 173 Å². The fraction of sp³-hybridized carbons (Fsp3) is 0.304. The lowest BCUT2D eigenvalue weighted by atomic mass is 9.98. The summed E-state index contributed by atoms with van der Waals surface area (Å²) in [6, 6.07) is 19.6. The lowest BCUT2D eigenvalue weighted by Gasteiger charge is -2.36. The molecule has 1 atom stereocenters. The summed E-state index contributed by atoms with van der Waals surface area (Å²) in [5.74, 6) is 0. The zero-order valence-electron chi connectivity index (χ0n) is 16.9. The lowest BCUT2D eigenvalue weighted by molar-refractivity contribution is 0.174. The van der Waals surface area contributed by atoms with E-state index in [0.29, 0.717) is 11.4 Å². The molecule has 2 heterocycles. The van der Waals surface area contributed by atoms with Gasteiger partial charge in [-0.25, -0.2) is 13.1 Å². The highest BCUT2D eigenvalue weighted by atomic mass is 32.2. The average molecular weight is 410 g/mol. The highest BCUT2D eigenvalue weighted by molar-refractivity contribution is 7.89. The summed E-state index contributed by atoms with van der Waals surface area (Å²) < 4.78 is 30.7. The van der Waals surface area contributed by atoms with E-state index in [0.717, 1.165) is 30.8 Å². The van der Waals surface area contributed by atoms with Gasteiger partial charge in [0.1, 0.15) is 0 Å². The molecule has 0 amide bonds. The highest BCUT2D eigenvalue weighted by Crippen LogP contribution is 2.28. The van der Waals surface area contributed by atoms with E-state index in [2.05, 4.69) is 44.5 Å². The average Bonchev–Trinajstić information content (AvgIpc) is 3.14. The summed E-state index contributed by atoms with van der Waals surface area (Å²) in [5, 5.41) is 0. The number of rotatable bonds is 6. The first-order chi connectivity index (χ1) is 13.9. The summed E-state index contributed by atoms with van der Waals surface area (Å²) in [6.07, 6.45) is 2.98. The van der Waals surface area contributed by atoms with Gasteiger partial charge in [-0.05, 0) is 54.3 Å². The minimum atomic E-state index is -3.57. The maximum Gasteiger partial charge on any atom is 0.240 e. The number of fused-ring (bicyclic) bond motifs is 1. The third-order valence-corrected chi connectivity index (χ3v) is 7.11. The molecule has 152 valence electrons. The van der Waals surface area contributed by atoms with Gasteiger partial charge in [-0.1, -0.05) is 36.4 Å². The van der Waals surface area contributed by atoms with Crippen molar-refractivity contribution in [3.63, 3.8) is 0 Å². The standard InChI is InChI=1S/C23H27N3O2S/c1-18-7-5-10-21(15-18)29(27,28)24-16-23(22-11-6-13-25(22)2)26-14-12-19-8-3-4-9-20(19)17-26/h3-11,13,15,23-24H,12,14,16-17H2,1-2H3/t23-/m1/s1. The summed E-state index contributed by atoms with van der Waals surface area (Å²) in [7, 11) is -1.56. The van der Waals surface area contributed by atoms with Gasteiger partial charge >= 0.3 is 0 Å². The summed E-state index contributed by atoms with van der Waals surface area (Å²) >= 11 is 0. The van der Waals surface area contributed by atoms with Gasteiger partial charge in [0.15, 0.2) is 0 Å². The first-order valence-corrected chi connectivity index (χ1v) is 11.4. The van der Waals surface area contributed by atoms with Crippen molar-refractivity contribution in [3.05, 3.63) is 89.2 Å². The van der Waals surface area contributed by atoms with Crippen LogP contribution in [0.1, 0.15) is 28.4 Å². The number of hydrogen-bond donors (Lipinski definition) is 1. The smallest absolute Gasteiger partial charge is 0.240 e. The normalized spacial score (nSPS) is 15.8. The zero-order valence-corrected chi connectivity index (χ0v) is 17.7. The second kappa shape index (κ2) is 8.14. The van der Waals surface area contributed by atoms with Crippen LogP contribution >= 0.6 is 0 Å². The van der Waals surface area contributed by atoms with Crippen molar-refractivity contribution >= 4 is 10.0 Å². The number of benzene rings is 2. The molecule has 5 nitrogen and oxygen atoms in total. The Balaban J connectivity index is 1.58. The molecule has 0 spiro atoms. The molecule has 0 unspecified atom stereocenters. The Morgan fingerprint density at radius 3 is 2.55 bits per heavy atom. The Bertz CT molecular complexity index is 1100. The van der Waals surface area contributed by atoms with E-state index >= 15 is 0 Å². The van der Waals surface area contributed by atoms with Gasteiger partial charge in [0.25, 0.3) is 0 Å². The highest BCUT2D eigenvalue weighted by Gasteiger charge is 2.28. The van der Waals surface area contributed by atoms with E-state index in [1.165, 1.54) is 11.1 Å². The molecule has 2 aromatic carbocycles. The van der Waals surface area contributed by atoms with Crippen molar-refractivity contribution in [2.75, 3.05) is 13.1 Å². The monoisotopic (exact) mass is 409 g/mol. The van der Waals surface area contributed by atoms with Gasteiger partial charge < -0.3 is 4.57 Å². The van der Waals surface area contributed by atoms with Crippen LogP contribution < -0.4 is 4.72 Å². The van der Waals surface area contributed by atoms with Gasteiger partial charge in [0.2, 0.25) is 10.0 Å². The second-order valence-corrected chi connectivity index (χ2v) is 9.48. The van der Waals surface area contributed by atoms with Crippen molar-refractivity contribution in [1.29, 1.82) is 0 Å². The zero-order chi connectivity index (χ0) is 20.4. The molecule has 0 aliphatic carbocycles. The number of nitrogens with one attached hydrogen (secondary N) is 1. The molecule has 0 saturated carbocycles. The van der Waals surface area contributed by atoms with E-state index in [4.69, 9.17) is 0 Å². The molecule has 6 heteroatoms. The fourth-order valence-corrected chi connectivity index (χ4v) is 5.22. The predicted molar refractivity (Wildman–Crippen MR) is 115 cm³/mol. The predicted octanol–water partition coefficient (Wildman–Crippen LogP) is 3.41. The van der Waals surface area contributed by atoms with Crippen molar-refractivity contribution in [3.8, 4) is 0 Å². The third-order valence-electron chi connectivity index (χ3n) is 5.69. The number of nitrogens with zero attached hydrogens (tertiary/aromatic N) is 2. The summed E-state index contributed by atoms with van der Waals surface area (Å²) in [5.41, 5.74) is 4.74. The van der Waals surface area contributed by atoms with Crippen LogP contribution in [0.5, 0.6) is 0 Å². The van der Waals surface area contributed by atoms with Crippen molar-refractivity contribution in [2.45, 2.75) is 30.8 Å². The van der Waals surface area contributed by atoms with E-state index in [1.807, 2.05) is 32.3 Å². The van der Waals surface area contributed by atoms with Crippen LogP contribution in [0, 0.1) is 6.92 Å². The molecule has 0 bridgehead atoms. The molecule has 29 heavy (non-hydrogen) atoms. The molecule has 0 radical (unpaired) electrons. The summed E-state index contributed by atoms with van der Waals surface area (Å²) in [6.45, 7) is 3.95. The quantitative estimate of drug-likeness (QED) is 0.679. The van der Waals surface area contributed by atoms with Crippen LogP contribution in [0.25, 0.3) is 0 Å². The Morgan fingerprint density at radius 1 is 1.03 bits per heavy atom. The van der Waals surface area contributed by atoms with Crippen LogP contribution in [0.15, 0.2) is 71.8 Å². The van der Waals surface area contributed by atoms with Crippen LogP contribution in [0.2, 0.25) is 0 Å². The van der Waals surface area contributed by atoms with Crippen molar-refractivity contribution in [1.82, 2.24) is 14.2 Å². The molecule has 1 aliphatic rings. The molecule has 0 fully saturated rings. The maximum absolute atomic E-state index is 12.9. The van der Waals surface area contributed by atoms with Gasteiger partial charge in [0, 0.05) is 38.6 Å². The van der Waals surface area contributed by atoms with Crippen molar-refractivity contribution < 1.29 is 8.42 Å².